The van der Waals surface area contributed by atoms with Gasteiger partial charge in [0.15, 0.2) is 0 Å². The molecule has 2 aromatic carbocycles. The van der Waals surface area contributed by atoms with Gasteiger partial charge in [-0.1, -0.05) is 30.3 Å². The van der Waals surface area contributed by atoms with Gasteiger partial charge in [0.2, 0.25) is 5.91 Å². The molecule has 6 heteroatoms. The summed E-state index contributed by atoms with van der Waals surface area (Å²) in [6.45, 7) is 0. The second-order valence-corrected chi connectivity index (χ2v) is 6.55. The first-order valence-corrected chi connectivity index (χ1v) is 8.52. The molecule has 26 heavy (non-hydrogen) atoms. The molecule has 0 unspecified atom stereocenters. The van der Waals surface area contributed by atoms with Crippen LogP contribution >= 0.6 is 0 Å². The summed E-state index contributed by atoms with van der Waals surface area (Å²) < 4.78 is 19.4. The molecule has 2 N–H and O–H groups in total. The van der Waals surface area contributed by atoms with E-state index in [1.54, 1.807) is 41.9 Å². The monoisotopic (exact) mass is 357 g/mol. The molecule has 0 heterocycles. The van der Waals surface area contributed by atoms with Gasteiger partial charge in [-0.2, -0.15) is 0 Å². The van der Waals surface area contributed by atoms with Crippen LogP contribution in [0.3, 0.4) is 0 Å². The van der Waals surface area contributed by atoms with Gasteiger partial charge in [-0.05, 0) is 55.5 Å². The quantitative estimate of drug-likeness (QED) is 0.381. The highest BCUT2D eigenvalue weighted by Gasteiger charge is 2.46. The molecule has 1 fully saturated rings. The summed E-state index contributed by atoms with van der Waals surface area (Å²) in [7, 11) is 0. The van der Waals surface area contributed by atoms with Crippen LogP contribution in [0.5, 0.6) is 5.75 Å². The molecule has 0 radical (unpaired) electrons. The summed E-state index contributed by atoms with van der Waals surface area (Å²) in [5.41, 5.74) is 1.18. The van der Waals surface area contributed by atoms with E-state index in [-0.39, 0.29) is 5.92 Å². The fourth-order valence-corrected chi connectivity index (χ4v) is 3.55. The zero-order valence-electron chi connectivity index (χ0n) is 14.2. The van der Waals surface area contributed by atoms with Crippen molar-refractivity contribution in [2.24, 2.45) is 5.92 Å². The fourth-order valence-electron chi connectivity index (χ4n) is 3.55. The van der Waals surface area contributed by atoms with Crippen molar-refractivity contribution in [1.29, 1.82) is 0 Å². The van der Waals surface area contributed by atoms with E-state index >= 15 is 0 Å². The maximum atomic E-state index is 13.8. The molecule has 0 atom stereocenters. The topological polar surface area (TPSA) is 75.6 Å². The number of ether oxygens (including phenoxy) is 1. The number of amides is 1. The van der Waals surface area contributed by atoms with Crippen LogP contribution in [-0.4, -0.2) is 17.1 Å². The number of halogens is 1. The molecule has 2 aromatic rings. The SMILES string of the molecule is O=C(NO)C1CCC(C(=O)Oc2ccccc2)(c2cccc(F)c2)CC1. The highest BCUT2D eigenvalue weighted by atomic mass is 19.1. The Balaban J connectivity index is 1.90. The van der Waals surface area contributed by atoms with Crippen LogP contribution < -0.4 is 10.2 Å². The lowest BCUT2D eigenvalue weighted by Crippen LogP contribution is -2.44. The lowest BCUT2D eigenvalue weighted by atomic mass is 9.66. The molecule has 1 amide bonds. The van der Waals surface area contributed by atoms with Crippen LogP contribution in [0.15, 0.2) is 54.6 Å². The zero-order chi connectivity index (χ0) is 18.6. The van der Waals surface area contributed by atoms with Crippen LogP contribution in [0, 0.1) is 11.7 Å². The van der Waals surface area contributed by atoms with Gasteiger partial charge in [0.05, 0.1) is 5.41 Å². The third-order valence-electron chi connectivity index (χ3n) is 5.04. The summed E-state index contributed by atoms with van der Waals surface area (Å²) in [6.07, 6.45) is 1.46. The van der Waals surface area contributed by atoms with Crippen molar-refractivity contribution in [3.05, 3.63) is 66.0 Å². The number of carbonyl (C=O) groups is 2. The van der Waals surface area contributed by atoms with Crippen molar-refractivity contribution < 1.29 is 23.9 Å². The van der Waals surface area contributed by atoms with E-state index in [9.17, 15) is 14.0 Å². The van der Waals surface area contributed by atoms with Crippen LogP contribution in [0.4, 0.5) is 4.39 Å². The van der Waals surface area contributed by atoms with Crippen molar-refractivity contribution in [3.63, 3.8) is 0 Å². The summed E-state index contributed by atoms with van der Waals surface area (Å²) in [5.74, 6) is -1.31. The molecule has 0 bridgehead atoms. The first-order chi connectivity index (χ1) is 12.5. The molecule has 5 nitrogen and oxygen atoms in total. The van der Waals surface area contributed by atoms with E-state index in [0.717, 1.165) is 0 Å². The molecule has 0 aliphatic heterocycles. The Morgan fingerprint density at radius 1 is 1.08 bits per heavy atom. The van der Waals surface area contributed by atoms with Gasteiger partial charge >= 0.3 is 5.97 Å². The van der Waals surface area contributed by atoms with E-state index in [0.29, 0.717) is 37.0 Å². The van der Waals surface area contributed by atoms with Crippen molar-refractivity contribution in [2.75, 3.05) is 0 Å². The van der Waals surface area contributed by atoms with E-state index in [2.05, 4.69) is 0 Å². The lowest BCUT2D eigenvalue weighted by Gasteiger charge is -2.37. The van der Waals surface area contributed by atoms with Crippen LogP contribution in [0.2, 0.25) is 0 Å². The molecule has 1 saturated carbocycles. The number of hydroxylamine groups is 1. The molecule has 1 aliphatic carbocycles. The fraction of sp³-hybridized carbons (Fsp3) is 0.300. The van der Waals surface area contributed by atoms with Gasteiger partial charge in [0, 0.05) is 5.92 Å². The average molecular weight is 357 g/mol. The Labute approximate surface area is 150 Å². The van der Waals surface area contributed by atoms with Gasteiger partial charge in [-0.15, -0.1) is 0 Å². The Hall–Kier alpha value is -2.73. The molecule has 3 rings (SSSR count). The second-order valence-electron chi connectivity index (χ2n) is 6.55. The standard InChI is InChI=1S/C20H20FNO4/c21-16-6-4-5-15(13-16)20(11-9-14(10-12-20)18(23)22-25)19(24)26-17-7-2-1-3-8-17/h1-8,13-14,25H,9-12H2,(H,22,23). The van der Waals surface area contributed by atoms with E-state index in [1.165, 1.54) is 12.1 Å². The van der Waals surface area contributed by atoms with Gasteiger partial charge in [-0.25, -0.2) is 9.87 Å². The molecular weight excluding hydrogens is 337 g/mol. The molecular formula is C20H20FNO4. The number of carbonyl (C=O) groups excluding carboxylic acids is 2. The van der Waals surface area contributed by atoms with Crippen molar-refractivity contribution in [2.45, 2.75) is 31.1 Å². The minimum Gasteiger partial charge on any atom is -0.426 e. The first kappa shape index (κ1) is 18.1. The first-order valence-electron chi connectivity index (χ1n) is 8.52. The predicted octanol–water partition coefficient (Wildman–Crippen LogP) is 3.36. The van der Waals surface area contributed by atoms with E-state index in [4.69, 9.17) is 9.94 Å². The van der Waals surface area contributed by atoms with E-state index < -0.39 is 23.1 Å². The number of nitrogens with one attached hydrogen (secondary N) is 1. The normalized spacial score (nSPS) is 22.5. The van der Waals surface area contributed by atoms with Gasteiger partial charge in [-0.3, -0.25) is 14.8 Å². The van der Waals surface area contributed by atoms with Crippen molar-refractivity contribution in [3.8, 4) is 5.75 Å². The highest BCUT2D eigenvalue weighted by molar-refractivity contribution is 5.86. The number of para-hydroxylation sites is 1. The van der Waals surface area contributed by atoms with Crippen molar-refractivity contribution in [1.82, 2.24) is 5.48 Å². The number of hydrogen-bond acceptors (Lipinski definition) is 4. The van der Waals surface area contributed by atoms with Gasteiger partial charge in [0.1, 0.15) is 11.6 Å². The van der Waals surface area contributed by atoms with Crippen LogP contribution in [0.1, 0.15) is 31.2 Å². The van der Waals surface area contributed by atoms with Gasteiger partial charge < -0.3 is 4.74 Å². The summed E-state index contributed by atoms with van der Waals surface area (Å²) in [6, 6.07) is 14.7. The molecule has 0 aromatic heterocycles. The minimum atomic E-state index is -1.02. The van der Waals surface area contributed by atoms with Crippen LogP contribution in [-0.2, 0) is 15.0 Å². The average Bonchev–Trinajstić information content (AvgIpc) is 2.68. The second kappa shape index (κ2) is 7.66. The Kier molecular flexibility index (Phi) is 5.32. The Bertz CT molecular complexity index is 785. The maximum Gasteiger partial charge on any atom is 0.321 e. The molecule has 0 spiro atoms. The summed E-state index contributed by atoms with van der Waals surface area (Å²) in [4.78, 5) is 24.7. The molecule has 0 saturated heterocycles. The number of esters is 1. The van der Waals surface area contributed by atoms with Gasteiger partial charge in [0.25, 0.3) is 0 Å². The zero-order valence-corrected chi connectivity index (χ0v) is 14.2. The molecule has 1 aliphatic rings. The largest absolute Gasteiger partial charge is 0.426 e. The minimum absolute atomic E-state index is 0.334. The summed E-state index contributed by atoms with van der Waals surface area (Å²) in [5, 5.41) is 8.83. The number of benzene rings is 2. The van der Waals surface area contributed by atoms with E-state index in [1.807, 2.05) is 6.07 Å². The lowest BCUT2D eigenvalue weighted by molar-refractivity contribution is -0.145. The maximum absolute atomic E-state index is 13.8. The number of rotatable bonds is 4. The van der Waals surface area contributed by atoms with Crippen LogP contribution in [0.25, 0.3) is 0 Å². The summed E-state index contributed by atoms with van der Waals surface area (Å²) >= 11 is 0. The Morgan fingerprint density at radius 3 is 2.38 bits per heavy atom. The third-order valence-corrected chi connectivity index (χ3v) is 5.04. The number of hydrogen-bond donors (Lipinski definition) is 2. The third kappa shape index (κ3) is 3.60. The molecule has 136 valence electrons. The Morgan fingerprint density at radius 2 is 1.77 bits per heavy atom. The van der Waals surface area contributed by atoms with Crippen molar-refractivity contribution >= 4 is 11.9 Å². The highest BCUT2D eigenvalue weighted by Crippen LogP contribution is 2.43. The predicted molar refractivity (Wildman–Crippen MR) is 92.0 cm³/mol. The smallest absolute Gasteiger partial charge is 0.321 e.